The molecular formula is C12H24ClN3O3. The number of piperazine rings is 1. The van der Waals surface area contributed by atoms with Crippen LogP contribution in [0.5, 0.6) is 0 Å². The molecule has 1 unspecified atom stereocenters. The summed E-state index contributed by atoms with van der Waals surface area (Å²) >= 11 is 0. The van der Waals surface area contributed by atoms with Crippen LogP contribution >= 0.6 is 12.4 Å². The van der Waals surface area contributed by atoms with E-state index in [4.69, 9.17) is 10.5 Å². The lowest BCUT2D eigenvalue weighted by molar-refractivity contribution is -0.142. The summed E-state index contributed by atoms with van der Waals surface area (Å²) in [5, 5.41) is 0. The molecule has 1 atom stereocenters. The first kappa shape index (κ1) is 18.1. The first-order valence-corrected chi connectivity index (χ1v) is 6.28. The van der Waals surface area contributed by atoms with E-state index in [2.05, 4.69) is 0 Å². The van der Waals surface area contributed by atoms with Crippen molar-refractivity contribution in [2.24, 2.45) is 11.7 Å². The number of amides is 2. The van der Waals surface area contributed by atoms with Crippen LogP contribution in [0.1, 0.15) is 13.8 Å². The molecule has 6 nitrogen and oxygen atoms in total. The van der Waals surface area contributed by atoms with Gasteiger partial charge in [-0.05, 0) is 5.92 Å². The van der Waals surface area contributed by atoms with Gasteiger partial charge in [0.15, 0.2) is 0 Å². The van der Waals surface area contributed by atoms with Gasteiger partial charge in [-0.25, -0.2) is 0 Å². The largest absolute Gasteiger partial charge is 0.375 e. The standard InChI is InChI=1S/C12H23N3O3.ClH/c1-9(2)11(13)12(17)15-6-4-14(5-7-15)10(16)8-18-3;/h9,11H,4-8,13H2,1-3H3;1H. The van der Waals surface area contributed by atoms with E-state index < -0.39 is 6.04 Å². The summed E-state index contributed by atoms with van der Waals surface area (Å²) in [4.78, 5) is 27.1. The van der Waals surface area contributed by atoms with Crippen LogP contribution in [-0.4, -0.2) is 67.6 Å². The van der Waals surface area contributed by atoms with Crippen LogP contribution < -0.4 is 5.73 Å². The zero-order valence-corrected chi connectivity index (χ0v) is 12.6. The minimum Gasteiger partial charge on any atom is -0.375 e. The van der Waals surface area contributed by atoms with Crippen molar-refractivity contribution in [1.29, 1.82) is 0 Å². The molecular weight excluding hydrogens is 270 g/mol. The van der Waals surface area contributed by atoms with E-state index in [1.165, 1.54) is 7.11 Å². The highest BCUT2D eigenvalue weighted by Crippen LogP contribution is 2.08. The van der Waals surface area contributed by atoms with Gasteiger partial charge in [-0.1, -0.05) is 13.8 Å². The van der Waals surface area contributed by atoms with Gasteiger partial charge in [-0.3, -0.25) is 9.59 Å². The smallest absolute Gasteiger partial charge is 0.248 e. The Labute approximate surface area is 120 Å². The number of rotatable bonds is 4. The molecule has 2 amide bonds. The number of halogens is 1. The fourth-order valence-electron chi connectivity index (χ4n) is 1.89. The Balaban J connectivity index is 0.00000324. The predicted molar refractivity (Wildman–Crippen MR) is 75.1 cm³/mol. The molecule has 2 N–H and O–H groups in total. The molecule has 7 heteroatoms. The van der Waals surface area contributed by atoms with Crippen molar-refractivity contribution in [1.82, 2.24) is 9.80 Å². The van der Waals surface area contributed by atoms with E-state index in [1.807, 2.05) is 13.8 Å². The highest BCUT2D eigenvalue weighted by atomic mass is 35.5. The van der Waals surface area contributed by atoms with Gasteiger partial charge in [0.05, 0.1) is 6.04 Å². The molecule has 0 radical (unpaired) electrons. The Morgan fingerprint density at radius 3 is 2.05 bits per heavy atom. The zero-order chi connectivity index (χ0) is 13.7. The molecule has 0 spiro atoms. The highest BCUT2D eigenvalue weighted by molar-refractivity contribution is 5.85. The first-order valence-electron chi connectivity index (χ1n) is 6.28. The second kappa shape index (κ2) is 8.35. The van der Waals surface area contributed by atoms with Gasteiger partial charge < -0.3 is 20.3 Å². The summed E-state index contributed by atoms with van der Waals surface area (Å²) in [6, 6.07) is -0.453. The average Bonchev–Trinajstić information content (AvgIpc) is 2.37. The Morgan fingerprint density at radius 1 is 1.16 bits per heavy atom. The number of hydrogen-bond acceptors (Lipinski definition) is 4. The van der Waals surface area contributed by atoms with E-state index in [0.717, 1.165) is 0 Å². The van der Waals surface area contributed by atoms with Gasteiger partial charge in [0.1, 0.15) is 6.61 Å². The second-order valence-corrected chi connectivity index (χ2v) is 4.91. The Kier molecular flexibility index (Phi) is 7.97. The summed E-state index contributed by atoms with van der Waals surface area (Å²) in [6.45, 7) is 6.17. The monoisotopic (exact) mass is 293 g/mol. The number of methoxy groups -OCH3 is 1. The highest BCUT2D eigenvalue weighted by Gasteiger charge is 2.28. The van der Waals surface area contributed by atoms with Crippen molar-refractivity contribution in [2.45, 2.75) is 19.9 Å². The van der Waals surface area contributed by atoms with E-state index in [-0.39, 0.29) is 36.7 Å². The Bertz CT molecular complexity index is 305. The maximum atomic E-state index is 12.0. The lowest BCUT2D eigenvalue weighted by atomic mass is 10.0. The van der Waals surface area contributed by atoms with Gasteiger partial charge in [0.2, 0.25) is 11.8 Å². The molecule has 1 aliphatic rings. The van der Waals surface area contributed by atoms with Crippen LogP contribution in [0.4, 0.5) is 0 Å². The zero-order valence-electron chi connectivity index (χ0n) is 11.8. The minimum absolute atomic E-state index is 0. The molecule has 0 aromatic rings. The fraction of sp³-hybridized carbons (Fsp3) is 0.833. The fourth-order valence-corrected chi connectivity index (χ4v) is 1.89. The van der Waals surface area contributed by atoms with Crippen LogP contribution in [0.3, 0.4) is 0 Å². The summed E-state index contributed by atoms with van der Waals surface area (Å²) in [6.07, 6.45) is 0. The predicted octanol–water partition coefficient (Wildman–Crippen LogP) is -0.291. The number of nitrogens with zero attached hydrogens (tertiary/aromatic N) is 2. The molecule has 1 heterocycles. The lowest BCUT2D eigenvalue weighted by Crippen LogP contribution is -2.55. The maximum absolute atomic E-state index is 12.0. The number of hydrogen-bond donors (Lipinski definition) is 1. The Hall–Kier alpha value is -0.850. The minimum atomic E-state index is -0.453. The molecule has 1 fully saturated rings. The van der Waals surface area contributed by atoms with E-state index in [9.17, 15) is 9.59 Å². The van der Waals surface area contributed by atoms with Crippen LogP contribution in [0.15, 0.2) is 0 Å². The van der Waals surface area contributed by atoms with Crippen LogP contribution in [0, 0.1) is 5.92 Å². The van der Waals surface area contributed by atoms with E-state index >= 15 is 0 Å². The normalized spacial score (nSPS) is 17.1. The van der Waals surface area contributed by atoms with Crippen LogP contribution in [0.25, 0.3) is 0 Å². The summed E-state index contributed by atoms with van der Waals surface area (Å²) in [5.74, 6) is 0.0762. The van der Waals surface area contributed by atoms with Crippen molar-refractivity contribution in [3.8, 4) is 0 Å². The molecule has 1 rings (SSSR count). The molecule has 112 valence electrons. The number of ether oxygens (including phenoxy) is 1. The molecule has 0 aromatic carbocycles. The molecule has 0 aliphatic carbocycles. The topological polar surface area (TPSA) is 75.9 Å². The van der Waals surface area contributed by atoms with Crippen molar-refractivity contribution < 1.29 is 14.3 Å². The summed E-state index contributed by atoms with van der Waals surface area (Å²) in [5.41, 5.74) is 5.84. The van der Waals surface area contributed by atoms with Gasteiger partial charge in [-0.15, -0.1) is 12.4 Å². The lowest BCUT2D eigenvalue weighted by Gasteiger charge is -2.36. The first-order chi connectivity index (χ1) is 8.47. The van der Waals surface area contributed by atoms with Crippen molar-refractivity contribution in [2.75, 3.05) is 39.9 Å². The molecule has 1 aliphatic heterocycles. The third-order valence-corrected chi connectivity index (χ3v) is 3.22. The van der Waals surface area contributed by atoms with Gasteiger partial charge in [0.25, 0.3) is 0 Å². The number of carbonyl (C=O) groups excluding carboxylic acids is 2. The van der Waals surface area contributed by atoms with Gasteiger partial charge >= 0.3 is 0 Å². The van der Waals surface area contributed by atoms with Crippen molar-refractivity contribution >= 4 is 24.2 Å². The average molecular weight is 294 g/mol. The van der Waals surface area contributed by atoms with Crippen LogP contribution in [0.2, 0.25) is 0 Å². The maximum Gasteiger partial charge on any atom is 0.248 e. The molecule has 0 aromatic heterocycles. The molecule has 19 heavy (non-hydrogen) atoms. The number of nitrogens with two attached hydrogens (primary N) is 1. The van der Waals surface area contributed by atoms with E-state index in [0.29, 0.717) is 26.2 Å². The summed E-state index contributed by atoms with van der Waals surface area (Å²) in [7, 11) is 1.50. The van der Waals surface area contributed by atoms with Crippen molar-refractivity contribution in [3.63, 3.8) is 0 Å². The number of carbonyl (C=O) groups is 2. The molecule has 1 saturated heterocycles. The quantitative estimate of drug-likeness (QED) is 0.773. The summed E-state index contributed by atoms with van der Waals surface area (Å²) < 4.78 is 4.81. The third-order valence-electron chi connectivity index (χ3n) is 3.22. The third kappa shape index (κ3) is 4.97. The molecule has 0 bridgehead atoms. The van der Waals surface area contributed by atoms with Gasteiger partial charge in [0, 0.05) is 33.3 Å². The SMILES string of the molecule is COCC(=O)N1CCN(C(=O)C(N)C(C)C)CC1.Cl. The van der Waals surface area contributed by atoms with Crippen molar-refractivity contribution in [3.05, 3.63) is 0 Å². The van der Waals surface area contributed by atoms with E-state index in [1.54, 1.807) is 9.80 Å². The second-order valence-electron chi connectivity index (χ2n) is 4.91. The van der Waals surface area contributed by atoms with Crippen LogP contribution in [-0.2, 0) is 14.3 Å². The van der Waals surface area contributed by atoms with Gasteiger partial charge in [-0.2, -0.15) is 0 Å². The Morgan fingerprint density at radius 2 is 1.63 bits per heavy atom. The molecule has 0 saturated carbocycles.